The maximum atomic E-state index is 13.9. The van der Waals surface area contributed by atoms with Gasteiger partial charge < -0.3 is 81.5 Å². The van der Waals surface area contributed by atoms with E-state index in [1.807, 2.05) is 75.4 Å². The summed E-state index contributed by atoms with van der Waals surface area (Å²) in [5, 5.41) is 16.5. The highest BCUT2D eigenvalue weighted by molar-refractivity contribution is 7.99. The van der Waals surface area contributed by atoms with Crippen molar-refractivity contribution in [1.82, 2.24) is 31.9 Å². The molecule has 1 aliphatic carbocycles. The van der Waals surface area contributed by atoms with Crippen molar-refractivity contribution >= 4 is 76.7 Å². The van der Waals surface area contributed by atoms with Crippen molar-refractivity contribution in [1.29, 1.82) is 0 Å². The zero-order valence-corrected chi connectivity index (χ0v) is 50.3. The third kappa shape index (κ3) is 28.0. The Balaban J connectivity index is 1.77. The molecule has 1 unspecified atom stereocenters. The van der Waals surface area contributed by atoms with E-state index < -0.39 is 89.6 Å². The summed E-state index contributed by atoms with van der Waals surface area (Å²) in [6, 6.07) is 11.0. The first kappa shape index (κ1) is 71.9. The van der Waals surface area contributed by atoms with E-state index in [1.54, 1.807) is 18.2 Å². The van der Waals surface area contributed by atoms with Gasteiger partial charge in [-0.15, -0.1) is 0 Å². The first-order valence-electron chi connectivity index (χ1n) is 28.5. The molecule has 0 aromatic heterocycles. The fourth-order valence-corrected chi connectivity index (χ4v) is 11.2. The number of hydrogen-bond donors (Lipinski definition) is 13. The van der Waals surface area contributed by atoms with Gasteiger partial charge in [0.1, 0.15) is 36.8 Å². The number of thioether (sulfide) groups is 2. The number of amides is 9. The molecule has 0 heterocycles. The van der Waals surface area contributed by atoms with Crippen molar-refractivity contribution in [2.75, 3.05) is 69.1 Å². The summed E-state index contributed by atoms with van der Waals surface area (Å²) in [5.41, 5.74) is 43.4. The van der Waals surface area contributed by atoms with Gasteiger partial charge in [-0.25, -0.2) is 0 Å². The zero-order chi connectivity index (χ0) is 62.0. The summed E-state index contributed by atoms with van der Waals surface area (Å²) in [5.74, 6) is -5.10. The molecule has 0 radical (unpaired) electrons. The molecule has 1 aliphatic rings. The Kier molecular flexibility index (Phi) is 34.2. The van der Waals surface area contributed by atoms with Gasteiger partial charge in [0.15, 0.2) is 0 Å². The highest BCUT2D eigenvalue weighted by Gasteiger charge is 2.32. The molecule has 26 heteroatoms. The lowest BCUT2D eigenvalue weighted by molar-refractivity contribution is -0.131. The van der Waals surface area contributed by atoms with Crippen molar-refractivity contribution < 1.29 is 52.6 Å². The van der Waals surface area contributed by atoms with Gasteiger partial charge in [-0.1, -0.05) is 99.5 Å². The second-order valence-electron chi connectivity index (χ2n) is 21.1. The van der Waals surface area contributed by atoms with E-state index in [-0.39, 0.29) is 80.8 Å². The molecule has 0 fully saturated rings. The molecule has 0 saturated heterocycles. The molecule has 0 saturated carbocycles. The molecule has 84 heavy (non-hydrogen) atoms. The highest BCUT2D eigenvalue weighted by Crippen LogP contribution is 2.35. The fraction of sp³-hybridized carbons (Fsp3) is 0.569. The minimum Gasteiger partial charge on any atom is -0.378 e. The summed E-state index contributed by atoms with van der Waals surface area (Å²) < 4.78 is 10.5. The van der Waals surface area contributed by atoms with Gasteiger partial charge in [-0.2, -0.15) is 23.5 Å². The van der Waals surface area contributed by atoms with Gasteiger partial charge in [0.05, 0.1) is 31.9 Å². The number of ether oxygens (including phenoxy) is 2. The summed E-state index contributed by atoms with van der Waals surface area (Å²) in [4.78, 5) is 118. The summed E-state index contributed by atoms with van der Waals surface area (Å²) >= 11 is 2.66. The molecular formula is C58H91N13O11S2. The Labute approximate surface area is 501 Å². The van der Waals surface area contributed by atoms with E-state index in [9.17, 15) is 43.2 Å². The van der Waals surface area contributed by atoms with Crippen LogP contribution in [0.3, 0.4) is 0 Å². The van der Waals surface area contributed by atoms with Crippen LogP contribution in [0.1, 0.15) is 76.8 Å². The topological polar surface area (TPSA) is 426 Å². The predicted molar refractivity (Wildman–Crippen MR) is 327 cm³/mol. The van der Waals surface area contributed by atoms with E-state index in [2.05, 4.69) is 31.9 Å². The number of primary amides is 3. The molecular weight excluding hydrogens is 1120 g/mol. The molecule has 0 spiro atoms. The number of hydrogen-bond acceptors (Lipinski definition) is 17. The Morgan fingerprint density at radius 1 is 0.560 bits per heavy atom. The fourth-order valence-electron chi connectivity index (χ4n) is 8.84. The Morgan fingerprint density at radius 2 is 1.08 bits per heavy atom. The van der Waals surface area contributed by atoms with Crippen LogP contribution in [0.5, 0.6) is 0 Å². The van der Waals surface area contributed by atoms with Gasteiger partial charge in [0.25, 0.3) is 5.91 Å². The molecule has 20 N–H and O–H groups in total. The Hall–Kier alpha value is -6.39. The number of rotatable bonds is 44. The smallest absolute Gasteiger partial charge is 0.250 e. The van der Waals surface area contributed by atoms with E-state index in [4.69, 9.17) is 49.6 Å². The van der Waals surface area contributed by atoms with Gasteiger partial charge in [0, 0.05) is 54.7 Å². The van der Waals surface area contributed by atoms with Crippen LogP contribution in [0.4, 0.5) is 0 Å². The number of benzene rings is 2. The van der Waals surface area contributed by atoms with Crippen molar-refractivity contribution in [3.05, 3.63) is 95.1 Å². The largest absolute Gasteiger partial charge is 0.378 e. The van der Waals surface area contributed by atoms with Crippen molar-refractivity contribution in [3.8, 4) is 0 Å². The molecule has 0 bridgehead atoms. The van der Waals surface area contributed by atoms with Gasteiger partial charge in [-0.3, -0.25) is 43.2 Å². The maximum Gasteiger partial charge on any atom is 0.250 e. The number of unbranched alkanes of at least 4 members (excludes halogenated alkanes) is 2. The number of nitrogens with two attached hydrogens (primary N) is 7. The third-order valence-electron chi connectivity index (χ3n) is 13.5. The quantitative estimate of drug-likeness (QED) is 0.0356. The van der Waals surface area contributed by atoms with Crippen LogP contribution in [0.2, 0.25) is 0 Å². The van der Waals surface area contributed by atoms with Gasteiger partial charge >= 0.3 is 0 Å². The van der Waals surface area contributed by atoms with Gasteiger partial charge in [-0.05, 0) is 79.9 Å². The Bertz CT molecular complexity index is 2480. The van der Waals surface area contributed by atoms with E-state index in [0.29, 0.717) is 75.3 Å². The van der Waals surface area contributed by atoms with Crippen LogP contribution in [0, 0.1) is 17.8 Å². The van der Waals surface area contributed by atoms with Crippen LogP contribution >= 0.6 is 23.5 Å². The SMILES string of the molecule is CC(C)C[C@H](N)C(=O)N[C@@H](Cc1ccccc1)C(=O)N[C@@H](CSC[C@@H](C)C1=CC(C(=O)NCCCC[C@H](NC(=O)COCCOCCN)C(N)=O)=CC1CSC[C@H](NC(=O)[C@H](Cc1ccccc1)NC(=O)[C@@H](N)CCCCN)C(N)=O)C(N)=O. The minimum atomic E-state index is -1.16. The number of allylic oxidation sites excluding steroid dienone is 2. The first-order chi connectivity index (χ1) is 40.1. The van der Waals surface area contributed by atoms with Crippen LogP contribution in [-0.4, -0.2) is 165 Å². The predicted octanol–water partition coefficient (Wildman–Crippen LogP) is -0.955. The standard InChI is InChI=1S/C58H91N13O11S2/c1-36(2)26-44(62)56(78)69-47(28-39-16-8-5-9-17-39)58(80)70-48(52(64)74)34-83-32-37(3)42-30-40(54(76)66-22-13-11-19-45(51(63)73)67-50(72)31-82-25-24-81-23-21-60)29-41(42)33-84-35-49(53(65)75)71-57(79)46(27-38-14-6-4-7-15-38)68-55(77)43(61)18-10-12-20-59/h4-9,14-17,29-30,36-37,41,43-49H,10-13,18-28,31-35,59-62H2,1-3H3,(H2,63,73)(H2,64,74)(H2,65,75)(H,66,76)(H,67,72)(H,68,77)(H,69,78)(H,70,80)(H,71,79)/t37-,41?,43+,44+,45+,46+,47+,48+,49+/m1/s1. The van der Waals surface area contributed by atoms with E-state index >= 15 is 0 Å². The molecule has 2 aromatic carbocycles. The maximum absolute atomic E-state index is 13.9. The van der Waals surface area contributed by atoms with Gasteiger partial charge in [0.2, 0.25) is 47.3 Å². The number of carbonyl (C=O) groups excluding carboxylic acids is 9. The normalized spacial score (nSPS) is 15.8. The second-order valence-corrected chi connectivity index (χ2v) is 23.3. The van der Waals surface area contributed by atoms with Crippen LogP contribution in [-0.2, 0) is 65.5 Å². The van der Waals surface area contributed by atoms with Crippen molar-refractivity contribution in [3.63, 3.8) is 0 Å². The molecule has 2 aromatic rings. The monoisotopic (exact) mass is 1210 g/mol. The molecule has 3 rings (SSSR count). The minimum absolute atomic E-state index is 0.0350. The van der Waals surface area contributed by atoms with E-state index in [0.717, 1.165) is 16.7 Å². The summed E-state index contributed by atoms with van der Waals surface area (Å²) in [7, 11) is 0. The lowest BCUT2D eigenvalue weighted by atomic mass is 9.94. The first-order valence-corrected chi connectivity index (χ1v) is 30.8. The lowest BCUT2D eigenvalue weighted by Crippen LogP contribution is -2.56. The molecule has 9 amide bonds. The number of nitrogens with one attached hydrogen (secondary N) is 6. The average molecular weight is 1210 g/mol. The number of carbonyl (C=O) groups is 9. The zero-order valence-electron chi connectivity index (χ0n) is 48.7. The molecule has 24 nitrogen and oxygen atoms in total. The highest BCUT2D eigenvalue weighted by atomic mass is 32.2. The third-order valence-corrected chi connectivity index (χ3v) is 15.9. The van der Waals surface area contributed by atoms with Crippen LogP contribution < -0.4 is 72.0 Å². The van der Waals surface area contributed by atoms with E-state index in [1.165, 1.54) is 23.5 Å². The summed E-state index contributed by atoms with van der Waals surface area (Å²) in [6.45, 7) is 7.32. The molecule has 466 valence electrons. The summed E-state index contributed by atoms with van der Waals surface area (Å²) in [6.07, 6.45) is 6.98. The van der Waals surface area contributed by atoms with Crippen LogP contribution in [0.25, 0.3) is 0 Å². The Morgan fingerprint density at radius 3 is 1.62 bits per heavy atom. The van der Waals surface area contributed by atoms with Crippen LogP contribution in [0.15, 0.2) is 84.0 Å². The van der Waals surface area contributed by atoms with Crippen molar-refractivity contribution in [2.24, 2.45) is 57.9 Å². The molecule has 9 atom stereocenters. The lowest BCUT2D eigenvalue weighted by Gasteiger charge is -2.25. The molecule has 0 aliphatic heterocycles. The second kappa shape index (κ2) is 40.0. The average Bonchev–Trinajstić information content (AvgIpc) is 3.94. The van der Waals surface area contributed by atoms with Crippen molar-refractivity contribution in [2.45, 2.75) is 121 Å².